The summed E-state index contributed by atoms with van der Waals surface area (Å²) in [6.45, 7) is 3.90. The highest BCUT2D eigenvalue weighted by Crippen LogP contribution is 2.45. The average Bonchev–Trinajstić information content (AvgIpc) is 3.54. The number of benzene rings is 2. The van der Waals surface area contributed by atoms with Gasteiger partial charge in [0.1, 0.15) is 12.6 Å². The van der Waals surface area contributed by atoms with Gasteiger partial charge in [-0.15, -0.1) is 6.58 Å². The van der Waals surface area contributed by atoms with E-state index in [0.717, 1.165) is 28.7 Å². The first-order valence-corrected chi connectivity index (χ1v) is 12.3. The van der Waals surface area contributed by atoms with Gasteiger partial charge in [0.15, 0.2) is 0 Å². The van der Waals surface area contributed by atoms with E-state index in [1.165, 1.54) is 0 Å². The number of alkyl carbamates (subject to hydrolysis) is 1. The lowest BCUT2D eigenvalue weighted by Crippen LogP contribution is -2.51. The molecule has 5 rings (SSSR count). The van der Waals surface area contributed by atoms with Crippen molar-refractivity contribution in [2.24, 2.45) is 5.92 Å². The number of ether oxygens (including phenoxy) is 1. The Morgan fingerprint density at radius 2 is 1.74 bits per heavy atom. The van der Waals surface area contributed by atoms with Crippen LogP contribution in [-0.4, -0.2) is 52.7 Å². The second-order valence-corrected chi connectivity index (χ2v) is 9.61. The van der Waals surface area contributed by atoms with Crippen LogP contribution in [0.4, 0.5) is 4.79 Å². The van der Waals surface area contributed by atoms with Crippen molar-refractivity contribution < 1.29 is 24.2 Å². The van der Waals surface area contributed by atoms with Crippen LogP contribution in [0.2, 0.25) is 0 Å². The van der Waals surface area contributed by atoms with Crippen LogP contribution in [0.5, 0.6) is 0 Å². The minimum absolute atomic E-state index is 0.0683. The Bertz CT molecular complexity index is 1120. The van der Waals surface area contributed by atoms with E-state index in [1.807, 2.05) is 24.3 Å². The molecule has 182 valence electrons. The van der Waals surface area contributed by atoms with Crippen molar-refractivity contribution in [2.45, 2.75) is 56.1 Å². The van der Waals surface area contributed by atoms with E-state index in [4.69, 9.17) is 4.74 Å². The highest BCUT2D eigenvalue weighted by molar-refractivity contribution is 5.88. The summed E-state index contributed by atoms with van der Waals surface area (Å²) in [6, 6.07) is 15.1. The molecule has 2 amide bonds. The molecule has 2 aromatic carbocycles. The predicted octanol–water partition coefficient (Wildman–Crippen LogP) is 4.32. The highest BCUT2D eigenvalue weighted by atomic mass is 16.5. The SMILES string of the molecule is C=CCCC(NC(=O)OCC1c2ccccc2-c2ccccc21)C(=O)N1[C@H]2CC[C@@H]1[C@H](C(=O)O)C2. The number of nitrogens with zero attached hydrogens (tertiary/aromatic N) is 1. The van der Waals surface area contributed by atoms with Gasteiger partial charge in [-0.05, 0) is 54.4 Å². The Kier molecular flexibility index (Phi) is 6.32. The van der Waals surface area contributed by atoms with Crippen molar-refractivity contribution >= 4 is 18.0 Å². The first-order valence-electron chi connectivity index (χ1n) is 12.3. The van der Waals surface area contributed by atoms with Crippen LogP contribution < -0.4 is 5.32 Å². The number of carboxylic acids is 1. The van der Waals surface area contributed by atoms with Crippen molar-refractivity contribution in [1.29, 1.82) is 0 Å². The van der Waals surface area contributed by atoms with Crippen LogP contribution in [0, 0.1) is 5.92 Å². The fourth-order valence-corrected chi connectivity index (χ4v) is 6.10. The van der Waals surface area contributed by atoms with Crippen molar-refractivity contribution in [1.82, 2.24) is 10.2 Å². The summed E-state index contributed by atoms with van der Waals surface area (Å²) < 4.78 is 5.65. The zero-order valence-corrected chi connectivity index (χ0v) is 19.6. The predicted molar refractivity (Wildman–Crippen MR) is 131 cm³/mol. The van der Waals surface area contributed by atoms with E-state index in [2.05, 4.69) is 36.2 Å². The first kappa shape index (κ1) is 23.1. The number of carboxylic acid groups (broad SMARTS) is 1. The third kappa shape index (κ3) is 4.20. The number of fused-ring (bicyclic) bond motifs is 5. The van der Waals surface area contributed by atoms with E-state index < -0.39 is 24.0 Å². The first-order chi connectivity index (χ1) is 17.0. The lowest BCUT2D eigenvalue weighted by Gasteiger charge is -2.28. The molecule has 0 spiro atoms. The molecule has 35 heavy (non-hydrogen) atoms. The molecule has 2 N–H and O–H groups in total. The molecule has 1 unspecified atom stereocenters. The van der Waals surface area contributed by atoms with Gasteiger partial charge in [0.2, 0.25) is 5.91 Å². The minimum atomic E-state index is -0.859. The fourth-order valence-electron chi connectivity index (χ4n) is 6.10. The third-order valence-electron chi connectivity index (χ3n) is 7.70. The molecule has 0 aromatic heterocycles. The van der Waals surface area contributed by atoms with Crippen LogP contribution in [-0.2, 0) is 14.3 Å². The fraction of sp³-hybridized carbons (Fsp3) is 0.393. The van der Waals surface area contributed by atoms with Crippen LogP contribution in [0.15, 0.2) is 61.2 Å². The second-order valence-electron chi connectivity index (χ2n) is 9.61. The molecule has 0 radical (unpaired) electrons. The normalized spacial score (nSPS) is 22.9. The van der Waals surface area contributed by atoms with Crippen molar-refractivity contribution in [3.05, 3.63) is 72.3 Å². The summed E-state index contributed by atoms with van der Waals surface area (Å²) in [5.74, 6) is -1.69. The summed E-state index contributed by atoms with van der Waals surface area (Å²) in [7, 11) is 0. The molecule has 7 heteroatoms. The van der Waals surface area contributed by atoms with Gasteiger partial charge in [-0.25, -0.2) is 4.79 Å². The third-order valence-corrected chi connectivity index (χ3v) is 7.70. The largest absolute Gasteiger partial charge is 0.481 e. The molecule has 1 aliphatic carbocycles. The molecular weight excluding hydrogens is 444 g/mol. The number of allylic oxidation sites excluding steroid dienone is 1. The van der Waals surface area contributed by atoms with Gasteiger partial charge in [-0.1, -0.05) is 54.6 Å². The molecule has 3 aliphatic rings. The molecule has 2 aliphatic heterocycles. The summed E-state index contributed by atoms with van der Waals surface area (Å²) in [5, 5.41) is 12.3. The average molecular weight is 475 g/mol. The molecule has 4 atom stereocenters. The van der Waals surface area contributed by atoms with Crippen LogP contribution in [0.3, 0.4) is 0 Å². The Balaban J connectivity index is 1.27. The molecule has 2 saturated heterocycles. The number of nitrogens with one attached hydrogen (secondary N) is 1. The number of hydrogen-bond donors (Lipinski definition) is 2. The van der Waals surface area contributed by atoms with Gasteiger partial charge in [-0.3, -0.25) is 9.59 Å². The molecule has 2 bridgehead atoms. The quantitative estimate of drug-likeness (QED) is 0.556. The molecule has 2 heterocycles. The number of hydrogen-bond acceptors (Lipinski definition) is 4. The summed E-state index contributed by atoms with van der Waals surface area (Å²) >= 11 is 0. The molecule has 7 nitrogen and oxygen atoms in total. The van der Waals surface area contributed by atoms with E-state index in [-0.39, 0.29) is 30.5 Å². The van der Waals surface area contributed by atoms with Gasteiger partial charge in [0.25, 0.3) is 0 Å². The van der Waals surface area contributed by atoms with Crippen LogP contribution in [0.25, 0.3) is 11.1 Å². The maximum Gasteiger partial charge on any atom is 0.407 e. The molecule has 2 fully saturated rings. The van der Waals surface area contributed by atoms with E-state index in [0.29, 0.717) is 25.7 Å². The summed E-state index contributed by atoms with van der Waals surface area (Å²) in [6.07, 6.45) is 3.97. The maximum atomic E-state index is 13.4. The number of carbonyl (C=O) groups excluding carboxylic acids is 2. The van der Waals surface area contributed by atoms with Gasteiger partial charge < -0.3 is 20.1 Å². The van der Waals surface area contributed by atoms with Crippen LogP contribution in [0.1, 0.15) is 49.1 Å². The van der Waals surface area contributed by atoms with Gasteiger partial charge in [0, 0.05) is 18.0 Å². The van der Waals surface area contributed by atoms with Crippen molar-refractivity contribution in [3.8, 4) is 11.1 Å². The van der Waals surface area contributed by atoms with Gasteiger partial charge in [0.05, 0.1) is 5.92 Å². The summed E-state index contributed by atoms with van der Waals surface area (Å²) in [5.41, 5.74) is 4.53. The van der Waals surface area contributed by atoms with Gasteiger partial charge >= 0.3 is 12.1 Å². The van der Waals surface area contributed by atoms with Gasteiger partial charge in [-0.2, -0.15) is 0 Å². The Morgan fingerprint density at radius 3 is 2.34 bits per heavy atom. The zero-order valence-electron chi connectivity index (χ0n) is 19.6. The number of rotatable bonds is 8. The van der Waals surface area contributed by atoms with E-state index >= 15 is 0 Å². The second kappa shape index (κ2) is 9.56. The molecule has 0 saturated carbocycles. The molecule has 2 aromatic rings. The Hall–Kier alpha value is -3.61. The standard InChI is InChI=1S/C28H30N2O5/c1-2-3-12-24(26(31)30-17-13-14-25(30)22(15-17)27(32)33)29-28(34)35-16-23-20-10-6-4-8-18(20)19-9-5-7-11-21(19)23/h2,4-11,17,22-25H,1,3,12-16H2,(H,29,34)(H,32,33)/t17-,22+,24?,25+/m0/s1. The Morgan fingerprint density at radius 1 is 1.09 bits per heavy atom. The topological polar surface area (TPSA) is 95.9 Å². The van der Waals surface area contributed by atoms with Crippen molar-refractivity contribution in [2.75, 3.05) is 6.61 Å². The number of carbonyl (C=O) groups is 3. The monoisotopic (exact) mass is 474 g/mol. The Labute approximate surface area is 204 Å². The number of amides is 2. The lowest BCUT2D eigenvalue weighted by molar-refractivity contribution is -0.143. The minimum Gasteiger partial charge on any atom is -0.481 e. The smallest absolute Gasteiger partial charge is 0.407 e. The highest BCUT2D eigenvalue weighted by Gasteiger charge is 2.52. The number of aliphatic carboxylic acids is 1. The van der Waals surface area contributed by atoms with E-state index in [1.54, 1.807) is 11.0 Å². The maximum absolute atomic E-state index is 13.4. The van der Waals surface area contributed by atoms with Crippen molar-refractivity contribution in [3.63, 3.8) is 0 Å². The zero-order chi connectivity index (χ0) is 24.5. The van der Waals surface area contributed by atoms with E-state index in [9.17, 15) is 19.5 Å². The molecular formula is C28H30N2O5. The van der Waals surface area contributed by atoms with Crippen LogP contribution >= 0.6 is 0 Å². The summed E-state index contributed by atoms with van der Waals surface area (Å²) in [4.78, 5) is 39.6. The lowest BCUT2D eigenvalue weighted by atomic mass is 9.89.